The predicted molar refractivity (Wildman–Crippen MR) is 86.1 cm³/mol. The molecule has 1 amide bonds. The van der Waals surface area contributed by atoms with Crippen LogP contribution >= 0.6 is 0 Å². The van der Waals surface area contributed by atoms with Crippen LogP contribution in [0.5, 0.6) is 0 Å². The number of carbonyl (C=O) groups excluding carboxylic acids is 1. The van der Waals surface area contributed by atoms with Crippen molar-refractivity contribution in [3.63, 3.8) is 0 Å². The van der Waals surface area contributed by atoms with E-state index in [2.05, 4.69) is 16.4 Å². The van der Waals surface area contributed by atoms with E-state index in [9.17, 15) is 9.18 Å². The monoisotopic (exact) mass is 313 g/mol. The first kappa shape index (κ1) is 15.5. The van der Waals surface area contributed by atoms with E-state index in [-0.39, 0.29) is 17.6 Å². The molecule has 1 aliphatic carbocycles. The summed E-state index contributed by atoms with van der Waals surface area (Å²) in [5.74, 6) is 0.329. The molecule has 1 heterocycles. The standard InChI is InChI=1S/C18H20FN3O/c1-22-11-10-20-17(22)16(14-8-5-9-15(19)12-14)21-18(23)13-6-3-2-4-7-13/h2-3,5,8-13,16H,4,6-7H2,1H3,(H,21,23)/t13-,16-/m0/s1. The number of amides is 1. The molecule has 0 spiro atoms. The fourth-order valence-electron chi connectivity index (χ4n) is 2.93. The Morgan fingerprint density at radius 3 is 2.96 bits per heavy atom. The Morgan fingerprint density at radius 1 is 1.43 bits per heavy atom. The summed E-state index contributed by atoms with van der Waals surface area (Å²) in [6.07, 6.45) is 10.2. The molecule has 0 saturated heterocycles. The number of benzene rings is 1. The predicted octanol–water partition coefficient (Wildman–Crippen LogP) is 3.12. The molecule has 5 heteroatoms. The van der Waals surface area contributed by atoms with Crippen molar-refractivity contribution < 1.29 is 9.18 Å². The number of halogens is 1. The lowest BCUT2D eigenvalue weighted by atomic mass is 9.93. The summed E-state index contributed by atoms with van der Waals surface area (Å²) in [5, 5.41) is 3.05. The molecule has 1 aromatic carbocycles. The smallest absolute Gasteiger partial charge is 0.224 e. The molecule has 23 heavy (non-hydrogen) atoms. The van der Waals surface area contributed by atoms with Gasteiger partial charge in [-0.3, -0.25) is 4.79 Å². The fourth-order valence-corrected chi connectivity index (χ4v) is 2.93. The molecule has 1 aromatic heterocycles. The Bertz CT molecular complexity index is 723. The maximum absolute atomic E-state index is 13.6. The second-order valence-corrected chi connectivity index (χ2v) is 5.87. The van der Waals surface area contributed by atoms with Crippen LogP contribution in [0.2, 0.25) is 0 Å². The zero-order valence-corrected chi connectivity index (χ0v) is 13.1. The van der Waals surface area contributed by atoms with Crippen molar-refractivity contribution in [3.8, 4) is 0 Å². The largest absolute Gasteiger partial charge is 0.342 e. The van der Waals surface area contributed by atoms with Crippen LogP contribution < -0.4 is 5.32 Å². The molecule has 0 aliphatic heterocycles. The highest BCUT2D eigenvalue weighted by Gasteiger charge is 2.25. The average molecular weight is 313 g/mol. The number of hydrogen-bond donors (Lipinski definition) is 1. The highest BCUT2D eigenvalue weighted by Crippen LogP contribution is 2.24. The second-order valence-electron chi connectivity index (χ2n) is 5.87. The van der Waals surface area contributed by atoms with Crippen LogP contribution in [0.25, 0.3) is 0 Å². The number of rotatable bonds is 4. The molecule has 1 N–H and O–H groups in total. The van der Waals surface area contributed by atoms with Crippen LogP contribution in [-0.2, 0) is 11.8 Å². The SMILES string of the molecule is Cn1ccnc1[C@@H](NC(=O)[C@H]1CC=CCC1)c1cccc(F)c1. The summed E-state index contributed by atoms with van der Waals surface area (Å²) >= 11 is 0. The number of hydrogen-bond acceptors (Lipinski definition) is 2. The Morgan fingerprint density at radius 2 is 2.30 bits per heavy atom. The molecule has 2 aromatic rings. The van der Waals surface area contributed by atoms with Gasteiger partial charge in [-0.2, -0.15) is 0 Å². The first-order chi connectivity index (χ1) is 11.1. The van der Waals surface area contributed by atoms with Gasteiger partial charge in [0, 0.05) is 25.4 Å². The van der Waals surface area contributed by atoms with Crippen molar-refractivity contribution in [2.75, 3.05) is 0 Å². The Balaban J connectivity index is 1.88. The lowest BCUT2D eigenvalue weighted by molar-refractivity contribution is -0.125. The van der Waals surface area contributed by atoms with E-state index in [4.69, 9.17) is 0 Å². The van der Waals surface area contributed by atoms with Gasteiger partial charge in [-0.05, 0) is 37.0 Å². The summed E-state index contributed by atoms with van der Waals surface area (Å²) in [6.45, 7) is 0. The molecule has 3 rings (SSSR count). The molecule has 0 saturated carbocycles. The third-order valence-corrected chi connectivity index (χ3v) is 4.23. The molecule has 0 fully saturated rings. The first-order valence-electron chi connectivity index (χ1n) is 7.83. The summed E-state index contributed by atoms with van der Waals surface area (Å²) < 4.78 is 15.5. The molecule has 4 nitrogen and oxygen atoms in total. The van der Waals surface area contributed by atoms with Gasteiger partial charge < -0.3 is 9.88 Å². The number of aromatic nitrogens is 2. The van der Waals surface area contributed by atoms with Gasteiger partial charge in [0.25, 0.3) is 0 Å². The number of allylic oxidation sites excluding steroid dienone is 2. The van der Waals surface area contributed by atoms with Crippen molar-refractivity contribution in [1.82, 2.24) is 14.9 Å². The van der Waals surface area contributed by atoms with Gasteiger partial charge in [0.2, 0.25) is 5.91 Å². The fraction of sp³-hybridized carbons (Fsp3) is 0.333. The Kier molecular flexibility index (Phi) is 4.55. The zero-order valence-electron chi connectivity index (χ0n) is 13.1. The molecule has 0 unspecified atom stereocenters. The highest BCUT2D eigenvalue weighted by molar-refractivity contribution is 5.79. The maximum Gasteiger partial charge on any atom is 0.224 e. The lowest BCUT2D eigenvalue weighted by Gasteiger charge is -2.23. The Labute approximate surface area is 135 Å². The van der Waals surface area contributed by atoms with E-state index >= 15 is 0 Å². The molecule has 120 valence electrons. The lowest BCUT2D eigenvalue weighted by Crippen LogP contribution is -2.36. The molecule has 1 aliphatic rings. The van der Waals surface area contributed by atoms with Gasteiger partial charge in [-0.1, -0.05) is 24.3 Å². The van der Waals surface area contributed by atoms with Gasteiger partial charge in [0.1, 0.15) is 17.7 Å². The quantitative estimate of drug-likeness (QED) is 0.882. The van der Waals surface area contributed by atoms with Crippen LogP contribution in [0.4, 0.5) is 4.39 Å². The van der Waals surface area contributed by atoms with Crippen LogP contribution in [0.1, 0.15) is 36.7 Å². The number of nitrogens with zero attached hydrogens (tertiary/aromatic N) is 2. The van der Waals surface area contributed by atoms with Crippen molar-refractivity contribution in [1.29, 1.82) is 0 Å². The number of imidazole rings is 1. The third-order valence-electron chi connectivity index (χ3n) is 4.23. The minimum atomic E-state index is -0.455. The third kappa shape index (κ3) is 3.50. The summed E-state index contributed by atoms with van der Waals surface area (Å²) in [5.41, 5.74) is 0.694. The van der Waals surface area contributed by atoms with E-state index < -0.39 is 6.04 Å². The van der Waals surface area contributed by atoms with E-state index in [0.717, 1.165) is 19.3 Å². The first-order valence-corrected chi connectivity index (χ1v) is 7.83. The Hall–Kier alpha value is -2.43. The van der Waals surface area contributed by atoms with E-state index in [1.165, 1.54) is 12.1 Å². The van der Waals surface area contributed by atoms with Crippen molar-refractivity contribution >= 4 is 5.91 Å². The van der Waals surface area contributed by atoms with Gasteiger partial charge in [0.05, 0.1) is 0 Å². The molecule has 0 radical (unpaired) electrons. The van der Waals surface area contributed by atoms with Crippen LogP contribution in [0, 0.1) is 11.7 Å². The van der Waals surface area contributed by atoms with Crippen LogP contribution in [0.15, 0.2) is 48.8 Å². The molecule has 0 bridgehead atoms. The van der Waals surface area contributed by atoms with Crippen LogP contribution in [-0.4, -0.2) is 15.5 Å². The zero-order chi connectivity index (χ0) is 16.2. The number of aryl methyl sites for hydroxylation is 1. The highest BCUT2D eigenvalue weighted by atomic mass is 19.1. The average Bonchev–Trinajstić information content (AvgIpc) is 2.99. The van der Waals surface area contributed by atoms with Crippen LogP contribution in [0.3, 0.4) is 0 Å². The maximum atomic E-state index is 13.6. The minimum Gasteiger partial charge on any atom is -0.342 e. The molecular formula is C18H20FN3O. The topological polar surface area (TPSA) is 46.9 Å². The van der Waals surface area contributed by atoms with Crippen molar-refractivity contribution in [2.24, 2.45) is 13.0 Å². The van der Waals surface area contributed by atoms with Gasteiger partial charge >= 0.3 is 0 Å². The van der Waals surface area contributed by atoms with Gasteiger partial charge in [0.15, 0.2) is 0 Å². The second kappa shape index (κ2) is 6.77. The normalized spacial score (nSPS) is 18.6. The van der Waals surface area contributed by atoms with E-state index in [1.54, 1.807) is 12.3 Å². The molecule has 2 atom stereocenters. The van der Waals surface area contributed by atoms with Crippen molar-refractivity contribution in [2.45, 2.75) is 25.3 Å². The minimum absolute atomic E-state index is 0.00777. The summed E-state index contributed by atoms with van der Waals surface area (Å²) in [7, 11) is 1.87. The van der Waals surface area contributed by atoms with Gasteiger partial charge in [-0.15, -0.1) is 0 Å². The van der Waals surface area contributed by atoms with Crippen molar-refractivity contribution in [3.05, 3.63) is 66.0 Å². The number of nitrogens with one attached hydrogen (secondary N) is 1. The van der Waals surface area contributed by atoms with E-state index in [0.29, 0.717) is 11.4 Å². The number of carbonyl (C=O) groups is 1. The van der Waals surface area contributed by atoms with Gasteiger partial charge in [-0.25, -0.2) is 9.37 Å². The molecular weight excluding hydrogens is 293 g/mol. The summed E-state index contributed by atoms with van der Waals surface area (Å²) in [6, 6.07) is 5.84. The van der Waals surface area contributed by atoms with E-state index in [1.807, 2.05) is 30.0 Å². The summed E-state index contributed by atoms with van der Waals surface area (Å²) in [4.78, 5) is 16.9.